The molecule has 1 rings (SSSR count). The van der Waals surface area contributed by atoms with Crippen LogP contribution in [0.5, 0.6) is 5.75 Å². The van der Waals surface area contributed by atoms with Crippen molar-refractivity contribution in [1.82, 2.24) is 0 Å². The third-order valence-electron chi connectivity index (χ3n) is 1.35. The number of aromatic hydroxyl groups is 1. The van der Waals surface area contributed by atoms with E-state index in [9.17, 15) is 4.39 Å². The lowest BCUT2D eigenvalue weighted by molar-refractivity contribution is 0.470. The van der Waals surface area contributed by atoms with E-state index in [1.54, 1.807) is 6.07 Å². The molecule has 0 spiro atoms. The fraction of sp³-hybridized carbons (Fsp3) is 0.143. The van der Waals surface area contributed by atoms with Gasteiger partial charge in [-0.3, -0.25) is 0 Å². The van der Waals surface area contributed by atoms with Crippen molar-refractivity contribution in [3.63, 3.8) is 0 Å². The molecular weight excluding hydrogens is 130 g/mol. The number of halogens is 1. The molecule has 10 heavy (non-hydrogen) atoms. The Kier molecular flexibility index (Phi) is 1.95. The average molecular weight is 138 g/mol. The van der Waals surface area contributed by atoms with Crippen LogP contribution in [0.1, 0.15) is 0 Å². The van der Waals surface area contributed by atoms with Crippen molar-refractivity contribution in [2.75, 3.05) is 0 Å². The molecule has 1 nitrogen and oxygen atoms in total. The van der Waals surface area contributed by atoms with Crippen molar-refractivity contribution in [3.8, 4) is 5.75 Å². The van der Waals surface area contributed by atoms with Crippen molar-refractivity contribution < 1.29 is 9.50 Å². The van der Waals surface area contributed by atoms with Gasteiger partial charge in [-0.2, -0.15) is 0 Å². The van der Waals surface area contributed by atoms with Gasteiger partial charge in [0.2, 0.25) is 0 Å². The van der Waals surface area contributed by atoms with Crippen LogP contribution in [0, 0.1) is 5.82 Å². The van der Waals surface area contributed by atoms with Gasteiger partial charge in [0, 0.05) is 6.07 Å². The summed E-state index contributed by atoms with van der Waals surface area (Å²) in [6, 6.07) is 4.07. The lowest BCUT2D eigenvalue weighted by Gasteiger charge is -1.96. The number of benzene rings is 1. The molecule has 0 radical (unpaired) electrons. The molecule has 0 bridgehead atoms. The maximum Gasteiger partial charge on any atom is 0.154 e. The summed E-state index contributed by atoms with van der Waals surface area (Å²) >= 11 is 0. The lowest BCUT2D eigenvalue weighted by atomic mass is 9.73. The van der Waals surface area contributed by atoms with E-state index in [0.717, 1.165) is 18.8 Å². The molecule has 1 aromatic carbocycles. The van der Waals surface area contributed by atoms with E-state index < -0.39 is 0 Å². The van der Waals surface area contributed by atoms with E-state index in [4.69, 9.17) is 5.11 Å². The predicted molar refractivity (Wildman–Crippen MR) is 40.7 cm³/mol. The molecule has 0 aromatic heterocycles. The van der Waals surface area contributed by atoms with Crippen LogP contribution in [0.3, 0.4) is 0 Å². The summed E-state index contributed by atoms with van der Waals surface area (Å²) in [6.45, 7) is 1.91. The first-order valence-electron chi connectivity index (χ1n) is 3.21. The minimum absolute atomic E-state index is 0.00292. The summed E-state index contributed by atoms with van der Waals surface area (Å²) in [6.07, 6.45) is 0. The van der Waals surface area contributed by atoms with Crippen molar-refractivity contribution in [1.29, 1.82) is 0 Å². The Hall–Kier alpha value is -0.985. The highest BCUT2D eigenvalue weighted by Crippen LogP contribution is 2.06. The van der Waals surface area contributed by atoms with Gasteiger partial charge in [0.25, 0.3) is 0 Å². The molecule has 0 atom stereocenters. The number of rotatable bonds is 1. The van der Waals surface area contributed by atoms with Crippen LogP contribution in [0.2, 0.25) is 6.82 Å². The quantitative estimate of drug-likeness (QED) is 0.564. The summed E-state index contributed by atoms with van der Waals surface area (Å²) in [5.74, 6) is -0.381. The topological polar surface area (TPSA) is 20.2 Å². The Morgan fingerprint density at radius 1 is 1.40 bits per heavy atom. The van der Waals surface area contributed by atoms with E-state index >= 15 is 0 Å². The number of phenolic OH excluding ortho intramolecular Hbond substituents is 1. The van der Waals surface area contributed by atoms with Crippen LogP contribution in [-0.4, -0.2) is 12.4 Å². The average Bonchev–Trinajstić information content (AvgIpc) is 1.85. The highest BCUT2D eigenvalue weighted by molar-refractivity contribution is 6.51. The molecule has 0 aliphatic heterocycles. The predicted octanol–water partition coefficient (Wildman–Crippen LogP) is 0.641. The minimum Gasteiger partial charge on any atom is -0.508 e. The highest BCUT2D eigenvalue weighted by atomic mass is 19.1. The van der Waals surface area contributed by atoms with Gasteiger partial charge in [0.05, 0.1) is 0 Å². The van der Waals surface area contributed by atoms with Crippen LogP contribution in [0.15, 0.2) is 18.2 Å². The summed E-state index contributed by atoms with van der Waals surface area (Å²) in [4.78, 5) is 0. The Morgan fingerprint density at radius 3 is 2.60 bits per heavy atom. The first-order valence-corrected chi connectivity index (χ1v) is 3.21. The molecule has 0 amide bonds. The maximum atomic E-state index is 12.5. The van der Waals surface area contributed by atoms with E-state index in [0.29, 0.717) is 0 Å². The first kappa shape index (κ1) is 7.13. The van der Waals surface area contributed by atoms with Crippen molar-refractivity contribution in [2.24, 2.45) is 0 Å². The number of hydrogen-bond acceptors (Lipinski definition) is 1. The zero-order valence-electron chi connectivity index (χ0n) is 5.76. The molecule has 0 saturated carbocycles. The molecule has 0 unspecified atom stereocenters. The van der Waals surface area contributed by atoms with Crippen LogP contribution in [0.25, 0.3) is 0 Å². The molecule has 0 saturated heterocycles. The minimum atomic E-state index is -0.378. The van der Waals surface area contributed by atoms with Gasteiger partial charge >= 0.3 is 0 Å². The largest absolute Gasteiger partial charge is 0.508 e. The fourth-order valence-corrected chi connectivity index (χ4v) is 0.837. The Balaban J connectivity index is 3.06. The summed E-state index contributed by atoms with van der Waals surface area (Å²) in [5.41, 5.74) is 0.817. The van der Waals surface area contributed by atoms with Gasteiger partial charge in [-0.25, -0.2) is 4.39 Å². The number of hydrogen-bond donors (Lipinski definition) is 1. The molecular formula is C7H8BFO. The zero-order chi connectivity index (χ0) is 7.56. The second-order valence-corrected chi connectivity index (χ2v) is 2.17. The smallest absolute Gasteiger partial charge is 0.154 e. The van der Waals surface area contributed by atoms with Gasteiger partial charge in [-0.15, -0.1) is 0 Å². The Bertz CT molecular complexity index is 217. The van der Waals surface area contributed by atoms with Crippen molar-refractivity contribution in [2.45, 2.75) is 6.82 Å². The van der Waals surface area contributed by atoms with Crippen molar-refractivity contribution in [3.05, 3.63) is 24.0 Å². The highest BCUT2D eigenvalue weighted by Gasteiger charge is 1.96. The van der Waals surface area contributed by atoms with Gasteiger partial charge in [0.1, 0.15) is 11.6 Å². The van der Waals surface area contributed by atoms with Gasteiger partial charge in [0.15, 0.2) is 7.28 Å². The van der Waals surface area contributed by atoms with Gasteiger partial charge < -0.3 is 5.11 Å². The lowest BCUT2D eigenvalue weighted by Crippen LogP contribution is -2.09. The second kappa shape index (κ2) is 2.73. The van der Waals surface area contributed by atoms with Crippen LogP contribution in [-0.2, 0) is 0 Å². The SMILES string of the molecule is CBc1cc(O)cc(F)c1. The van der Waals surface area contributed by atoms with E-state index in [-0.39, 0.29) is 11.6 Å². The van der Waals surface area contributed by atoms with Crippen LogP contribution >= 0.6 is 0 Å². The van der Waals surface area contributed by atoms with Crippen LogP contribution in [0.4, 0.5) is 4.39 Å². The Morgan fingerprint density at radius 2 is 2.10 bits per heavy atom. The summed E-state index contributed by atoms with van der Waals surface area (Å²) in [5, 5.41) is 8.88. The summed E-state index contributed by atoms with van der Waals surface area (Å²) < 4.78 is 12.5. The molecule has 3 heteroatoms. The maximum absolute atomic E-state index is 12.5. The molecule has 1 aromatic rings. The van der Waals surface area contributed by atoms with Gasteiger partial charge in [-0.05, 0) is 12.1 Å². The fourth-order valence-electron chi connectivity index (χ4n) is 0.837. The molecule has 1 N–H and O–H groups in total. The van der Waals surface area contributed by atoms with E-state index in [1.807, 2.05) is 6.82 Å². The second-order valence-electron chi connectivity index (χ2n) is 2.17. The first-order chi connectivity index (χ1) is 4.72. The zero-order valence-corrected chi connectivity index (χ0v) is 5.76. The number of phenols is 1. The molecule has 0 aliphatic rings. The van der Waals surface area contributed by atoms with Gasteiger partial charge in [-0.1, -0.05) is 12.3 Å². The monoisotopic (exact) mass is 138 g/mol. The molecule has 0 heterocycles. The van der Waals surface area contributed by atoms with E-state index in [2.05, 4.69) is 0 Å². The third kappa shape index (κ3) is 1.50. The molecule has 52 valence electrons. The van der Waals surface area contributed by atoms with Crippen LogP contribution < -0.4 is 5.46 Å². The molecule has 0 aliphatic carbocycles. The Labute approximate surface area is 59.7 Å². The normalized spacial score (nSPS) is 9.40. The standard InChI is InChI=1S/C7H8BFO/c1-8-5-2-6(9)4-7(10)3-5/h2-4,8,10H,1H3. The third-order valence-corrected chi connectivity index (χ3v) is 1.35. The summed E-state index contributed by atoms with van der Waals surface area (Å²) in [7, 11) is 0.741. The van der Waals surface area contributed by atoms with E-state index in [1.165, 1.54) is 6.07 Å². The van der Waals surface area contributed by atoms with Crippen molar-refractivity contribution >= 4 is 12.7 Å². The molecule has 0 fully saturated rings.